The van der Waals surface area contributed by atoms with E-state index in [4.69, 9.17) is 4.74 Å². The molecule has 2 rings (SSSR count). The largest absolute Gasteiger partial charge is 0.457 e. The average molecular weight is 246 g/mol. The van der Waals surface area contributed by atoms with Crippen molar-refractivity contribution in [3.63, 3.8) is 0 Å². The zero-order chi connectivity index (χ0) is 13.0. The minimum Gasteiger partial charge on any atom is -0.457 e. The third-order valence-corrected chi connectivity index (χ3v) is 2.69. The molecule has 0 saturated heterocycles. The molecule has 0 aromatic heterocycles. The Morgan fingerprint density at radius 1 is 1.17 bits per heavy atom. The molecule has 0 spiro atoms. The monoisotopic (exact) mass is 246 g/mol. The summed E-state index contributed by atoms with van der Waals surface area (Å²) in [5.74, 6) is 0.629. The summed E-state index contributed by atoms with van der Waals surface area (Å²) in [6.07, 6.45) is 0.0264. The summed E-state index contributed by atoms with van der Waals surface area (Å²) in [5.41, 5.74) is 0.712. The second-order valence-electron chi connectivity index (χ2n) is 4.02. The van der Waals surface area contributed by atoms with Crippen LogP contribution in [0.2, 0.25) is 0 Å². The van der Waals surface area contributed by atoms with Crippen molar-refractivity contribution in [2.75, 3.05) is 0 Å². The molecule has 2 aromatic carbocycles. The van der Waals surface area contributed by atoms with Crippen LogP contribution in [0.5, 0.6) is 11.5 Å². The lowest BCUT2D eigenvalue weighted by atomic mass is 10.1. The van der Waals surface area contributed by atoms with Gasteiger partial charge in [-0.25, -0.2) is 4.39 Å². The van der Waals surface area contributed by atoms with E-state index in [1.807, 2.05) is 25.1 Å². The Kier molecular flexibility index (Phi) is 3.95. The molecule has 94 valence electrons. The first-order chi connectivity index (χ1) is 8.70. The molecule has 0 bridgehead atoms. The zero-order valence-corrected chi connectivity index (χ0v) is 10.1. The quantitative estimate of drug-likeness (QED) is 0.881. The first kappa shape index (κ1) is 12.6. The van der Waals surface area contributed by atoms with Crippen molar-refractivity contribution in [2.24, 2.45) is 0 Å². The molecule has 0 amide bonds. The minimum absolute atomic E-state index is 0.346. The van der Waals surface area contributed by atoms with Crippen LogP contribution in [0, 0.1) is 5.82 Å². The topological polar surface area (TPSA) is 29.5 Å². The molecule has 0 aliphatic carbocycles. The molecule has 1 N–H and O–H groups in total. The van der Waals surface area contributed by atoms with Crippen LogP contribution in [0.3, 0.4) is 0 Å². The van der Waals surface area contributed by atoms with E-state index in [9.17, 15) is 9.50 Å². The minimum atomic E-state index is -0.574. The van der Waals surface area contributed by atoms with Crippen molar-refractivity contribution in [3.05, 3.63) is 59.9 Å². The predicted molar refractivity (Wildman–Crippen MR) is 68.2 cm³/mol. The number of ether oxygens (including phenoxy) is 1. The molecule has 2 nitrogen and oxygen atoms in total. The molecule has 0 heterocycles. The second kappa shape index (κ2) is 5.65. The Labute approximate surface area is 106 Å². The van der Waals surface area contributed by atoms with Crippen molar-refractivity contribution >= 4 is 0 Å². The summed E-state index contributed by atoms with van der Waals surface area (Å²) in [6, 6.07) is 13.2. The number of aliphatic hydroxyl groups excluding tert-OH is 1. The molecule has 2 aromatic rings. The van der Waals surface area contributed by atoms with Gasteiger partial charge >= 0.3 is 0 Å². The van der Waals surface area contributed by atoms with Crippen LogP contribution in [0.4, 0.5) is 4.39 Å². The first-order valence-corrected chi connectivity index (χ1v) is 5.91. The van der Waals surface area contributed by atoms with Crippen LogP contribution in [-0.2, 0) is 0 Å². The summed E-state index contributed by atoms with van der Waals surface area (Å²) >= 11 is 0. The van der Waals surface area contributed by atoms with Crippen molar-refractivity contribution in [3.8, 4) is 11.5 Å². The summed E-state index contributed by atoms with van der Waals surface area (Å²) < 4.78 is 18.7. The van der Waals surface area contributed by atoms with Crippen LogP contribution in [0.25, 0.3) is 0 Å². The van der Waals surface area contributed by atoms with Gasteiger partial charge in [-0.3, -0.25) is 0 Å². The number of hydrogen-bond acceptors (Lipinski definition) is 2. The lowest BCUT2D eigenvalue weighted by molar-refractivity contribution is 0.170. The molecule has 3 heteroatoms. The summed E-state index contributed by atoms with van der Waals surface area (Å²) in [7, 11) is 0. The number of aliphatic hydroxyl groups is 1. The number of para-hydroxylation sites is 1. The van der Waals surface area contributed by atoms with Gasteiger partial charge < -0.3 is 9.84 Å². The van der Waals surface area contributed by atoms with Crippen molar-refractivity contribution in [2.45, 2.75) is 19.4 Å². The van der Waals surface area contributed by atoms with Crippen molar-refractivity contribution < 1.29 is 14.2 Å². The fourth-order valence-electron chi connectivity index (χ4n) is 1.73. The van der Waals surface area contributed by atoms with Gasteiger partial charge in [0, 0.05) is 11.6 Å². The lowest BCUT2D eigenvalue weighted by Gasteiger charge is -2.14. The Bertz CT molecular complexity index is 525. The van der Waals surface area contributed by atoms with Crippen molar-refractivity contribution in [1.82, 2.24) is 0 Å². The van der Waals surface area contributed by atoms with Gasteiger partial charge in [0.2, 0.25) is 0 Å². The highest BCUT2D eigenvalue weighted by Gasteiger charge is 2.11. The van der Waals surface area contributed by atoms with E-state index in [-0.39, 0.29) is 5.82 Å². The fourth-order valence-corrected chi connectivity index (χ4v) is 1.73. The van der Waals surface area contributed by atoms with E-state index in [2.05, 4.69) is 0 Å². The average Bonchev–Trinajstić information content (AvgIpc) is 2.38. The molecule has 1 atom stereocenters. The zero-order valence-electron chi connectivity index (χ0n) is 10.1. The van der Waals surface area contributed by atoms with Crippen LogP contribution in [0.15, 0.2) is 48.5 Å². The van der Waals surface area contributed by atoms with Gasteiger partial charge in [0.15, 0.2) is 0 Å². The van der Waals surface area contributed by atoms with Gasteiger partial charge in [-0.15, -0.1) is 0 Å². The molecule has 0 aliphatic heterocycles. The highest BCUT2D eigenvalue weighted by atomic mass is 19.1. The van der Waals surface area contributed by atoms with Gasteiger partial charge in [-0.2, -0.15) is 0 Å². The molecule has 0 aliphatic rings. The maximum absolute atomic E-state index is 13.1. The predicted octanol–water partition coefficient (Wildman–Crippen LogP) is 4.06. The third-order valence-electron chi connectivity index (χ3n) is 2.69. The summed E-state index contributed by atoms with van der Waals surface area (Å²) in [6.45, 7) is 1.89. The Morgan fingerprint density at radius 3 is 2.67 bits per heavy atom. The third kappa shape index (κ3) is 2.87. The SMILES string of the molecule is CC[C@@H](O)c1ccccc1Oc1cccc(F)c1. The summed E-state index contributed by atoms with van der Waals surface area (Å²) in [4.78, 5) is 0. The number of hydrogen-bond donors (Lipinski definition) is 1. The van der Waals surface area contributed by atoms with Gasteiger partial charge in [0.05, 0.1) is 6.10 Å². The van der Waals surface area contributed by atoms with Gasteiger partial charge in [0.25, 0.3) is 0 Å². The standard InChI is InChI=1S/C15H15FO2/c1-2-14(17)13-8-3-4-9-15(13)18-12-7-5-6-11(16)10-12/h3-10,14,17H,2H2,1H3/t14-/m1/s1. The van der Waals surface area contributed by atoms with E-state index >= 15 is 0 Å². The van der Waals surface area contributed by atoms with E-state index in [1.165, 1.54) is 12.1 Å². The van der Waals surface area contributed by atoms with E-state index < -0.39 is 6.10 Å². The number of rotatable bonds is 4. The van der Waals surface area contributed by atoms with E-state index in [0.29, 0.717) is 23.5 Å². The molecular formula is C15H15FO2. The fraction of sp³-hybridized carbons (Fsp3) is 0.200. The molecule has 0 radical (unpaired) electrons. The highest BCUT2D eigenvalue weighted by molar-refractivity contribution is 5.39. The van der Waals surface area contributed by atoms with E-state index in [0.717, 1.165) is 0 Å². The van der Waals surface area contributed by atoms with Gasteiger partial charge in [0.1, 0.15) is 17.3 Å². The van der Waals surface area contributed by atoms with Crippen LogP contribution in [-0.4, -0.2) is 5.11 Å². The maximum atomic E-state index is 13.1. The second-order valence-corrected chi connectivity index (χ2v) is 4.02. The normalized spacial score (nSPS) is 12.2. The van der Waals surface area contributed by atoms with Crippen molar-refractivity contribution in [1.29, 1.82) is 0 Å². The highest BCUT2D eigenvalue weighted by Crippen LogP contribution is 2.30. The number of halogens is 1. The Morgan fingerprint density at radius 2 is 1.94 bits per heavy atom. The van der Waals surface area contributed by atoms with Gasteiger partial charge in [-0.05, 0) is 24.6 Å². The van der Waals surface area contributed by atoms with Crippen LogP contribution < -0.4 is 4.74 Å². The first-order valence-electron chi connectivity index (χ1n) is 5.91. The molecule has 18 heavy (non-hydrogen) atoms. The molecule has 0 unspecified atom stereocenters. The lowest BCUT2D eigenvalue weighted by Crippen LogP contribution is -1.98. The Balaban J connectivity index is 2.29. The summed E-state index contributed by atoms with van der Waals surface area (Å²) in [5, 5.41) is 9.89. The van der Waals surface area contributed by atoms with E-state index in [1.54, 1.807) is 18.2 Å². The smallest absolute Gasteiger partial charge is 0.133 e. The Hall–Kier alpha value is -1.87. The van der Waals surface area contributed by atoms with Crippen LogP contribution >= 0.6 is 0 Å². The van der Waals surface area contributed by atoms with Crippen LogP contribution in [0.1, 0.15) is 25.0 Å². The van der Waals surface area contributed by atoms with Gasteiger partial charge in [-0.1, -0.05) is 31.2 Å². The molecule has 0 saturated carbocycles. The maximum Gasteiger partial charge on any atom is 0.133 e. The molecule has 0 fully saturated rings. The number of benzene rings is 2. The molecular weight excluding hydrogens is 231 g/mol.